The fourth-order valence-corrected chi connectivity index (χ4v) is 9.84. The zero-order valence-corrected chi connectivity index (χ0v) is 55.2. The van der Waals surface area contributed by atoms with E-state index < -0.39 is 16.6 Å². The molecule has 0 aliphatic carbocycles. The molecule has 0 saturated heterocycles. The molecule has 480 valence electrons. The van der Waals surface area contributed by atoms with Crippen LogP contribution in [0, 0.1) is 59.2 Å². The monoisotopic (exact) mass is 1440 g/mol. The van der Waals surface area contributed by atoms with Crippen molar-refractivity contribution >= 4 is 93.3 Å². The third kappa shape index (κ3) is 18.4. The normalized spacial score (nSPS) is 12.4. The first-order valence-electron chi connectivity index (χ1n) is 33.0. The van der Waals surface area contributed by atoms with Gasteiger partial charge in [0.1, 0.15) is 28.6 Å². The number of imidazole rings is 2. The molecule has 7 heterocycles. The number of hydrogen-bond acceptors (Lipinski definition) is 12. The van der Waals surface area contributed by atoms with Gasteiger partial charge in [-0.05, 0) is 99.8 Å². The number of nitrogens with zero attached hydrogens (tertiary/aromatic N) is 12. The molecule has 0 spiro atoms. The molecule has 5 aromatic heterocycles. The molecule has 2 radical (unpaired) electrons. The predicted octanol–water partition coefficient (Wildman–Crippen LogP) is 14.0. The molecule has 14 nitrogen and oxygen atoms in total. The van der Waals surface area contributed by atoms with Gasteiger partial charge in [0.2, 0.25) is 0 Å². The van der Waals surface area contributed by atoms with E-state index in [-0.39, 0.29) is 48.2 Å². The largest absolute Gasteiger partial charge is 0.501 e. The topological polar surface area (TPSA) is 142 Å². The standard InChI is InChI=1S/C30H26N4.C14H13N3.C14H12N3.C10H9N3.C4H7ClO.CH4.BFH.2BH3.Ir.H2/c1-3-13-25(14-4-1)33-23-31(27-17-7-9-19-29(27)33)21-11-12-22-32-24-34(26-15-5-2-6-16-26)30-20-10-8-18-28(30)32;2*1-10-11(2)17-9-8-15-13(14(17)16-10)12-6-4-3-5-7-12;11-10-9(12-6-7-13-10)8-4-2-1-3-5-8;1-3(5)4(2)6;;1-2;;;;/h1-10,13,15,17-20,23-24H,11-12,21-22H2;3-9H,1-2H3;3-6,8-9H,1-2H3;1-7H,(H2,11,13);3H,1-2H3;1H4;1H;2*1H3;;1H/q-4;;-1;;;;;;;;/i;;;;;;1D;2*1D3;;1+1. The Morgan fingerprint density at radius 1 is 0.602 bits per heavy atom. The third-order valence-corrected chi connectivity index (χ3v) is 15.1. The SMILES string of the molecule is C.CC(=O)C(C)Cl.Cc1nc2c(-c3[c-]cccc3)nccn2c1C.Cc1nc2c(-c3ccccc3)nccn2c1C.Nc1nccnc1-c1ccccc1.[2HH].[2H]B([2H])[2H].[2H]B([2H])[2H].[2H][B]F.[Ir].[c-]1ccccc1N1[CH-]N(CCCCN2[CH-]N(c3[c-]cccc3)c3ccccc32)c2ccccc21. The molecule has 0 fully saturated rings. The van der Waals surface area contributed by atoms with Crippen LogP contribution in [0.2, 0.25) is 0 Å². The second-order valence-corrected chi connectivity index (χ2v) is 21.2. The number of carbonyl (C=O) groups is 1. The maximum absolute atomic E-state index is 10.0. The van der Waals surface area contributed by atoms with Gasteiger partial charge in [0.25, 0.3) is 0 Å². The van der Waals surface area contributed by atoms with E-state index >= 15 is 0 Å². The predicted molar refractivity (Wildman–Crippen MR) is 390 cm³/mol. The summed E-state index contributed by atoms with van der Waals surface area (Å²) < 4.78 is 54.9. The van der Waals surface area contributed by atoms with Crippen LogP contribution in [0.1, 0.15) is 58.3 Å². The van der Waals surface area contributed by atoms with Crippen molar-refractivity contribution in [2.45, 2.75) is 67.2 Å². The molecule has 2 aliphatic rings. The van der Waals surface area contributed by atoms with Gasteiger partial charge in [-0.25, -0.2) is 15.0 Å². The average Bonchev–Trinajstić information content (AvgIpc) is 1.68. The minimum atomic E-state index is -1.42. The van der Waals surface area contributed by atoms with Gasteiger partial charge < -0.3 is 38.5 Å². The molecule has 0 bridgehead atoms. The number of para-hydroxylation sites is 6. The van der Waals surface area contributed by atoms with Gasteiger partial charge in [0.15, 0.2) is 5.65 Å². The van der Waals surface area contributed by atoms with E-state index in [9.17, 15) is 9.11 Å². The number of unbranched alkanes of at least 4 members (excludes halogenated alkanes) is 1. The molecule has 20 heteroatoms. The van der Waals surface area contributed by atoms with E-state index in [0.29, 0.717) is 5.82 Å². The van der Waals surface area contributed by atoms with Crippen LogP contribution < -0.4 is 25.3 Å². The Hall–Kier alpha value is -9.41. The second-order valence-electron chi connectivity index (χ2n) is 20.6. The number of fused-ring (bicyclic) bond motifs is 4. The second kappa shape index (κ2) is 36.6. The van der Waals surface area contributed by atoms with Crippen LogP contribution in [-0.4, -0.2) is 97.0 Å². The van der Waals surface area contributed by atoms with Crippen LogP contribution in [0.4, 0.5) is 44.3 Å². The number of nitrogen functional groups attached to an aromatic ring is 1. The Morgan fingerprint density at radius 2 is 0.978 bits per heavy atom. The average molecular weight is 1440 g/mol. The Labute approximate surface area is 581 Å². The fourth-order valence-electron chi connectivity index (χ4n) is 9.84. The molecular weight excluding hydrogens is 1350 g/mol. The molecular formula is C73H80B3ClFIrN13O-5. The van der Waals surface area contributed by atoms with Crippen LogP contribution in [0.5, 0.6) is 0 Å². The molecule has 7 aromatic carbocycles. The van der Waals surface area contributed by atoms with E-state index in [1.165, 1.54) is 35.4 Å². The summed E-state index contributed by atoms with van der Waals surface area (Å²) in [5, 5.41) is -0.315. The first-order chi connectivity index (χ1) is 47.3. The minimum absolute atomic E-state index is 0. The van der Waals surface area contributed by atoms with Crippen LogP contribution in [0.3, 0.4) is 0 Å². The van der Waals surface area contributed by atoms with Crippen molar-refractivity contribution in [2.24, 2.45) is 0 Å². The number of aromatic nitrogens is 8. The quantitative estimate of drug-likeness (QED) is 0.0570. The molecule has 93 heavy (non-hydrogen) atoms. The van der Waals surface area contributed by atoms with Gasteiger partial charge in [0.05, 0.1) is 33.4 Å². The van der Waals surface area contributed by atoms with Crippen molar-refractivity contribution in [3.63, 3.8) is 0 Å². The third-order valence-electron chi connectivity index (χ3n) is 14.7. The summed E-state index contributed by atoms with van der Waals surface area (Å²) >= 11 is 5.26. The van der Waals surface area contributed by atoms with Crippen molar-refractivity contribution in [1.82, 2.24) is 38.7 Å². The van der Waals surface area contributed by atoms with Crippen LogP contribution >= 0.6 is 11.6 Å². The Bertz CT molecular complexity index is 4140. The number of ketones is 1. The summed E-state index contributed by atoms with van der Waals surface area (Å²) in [6.07, 6.45) is 12.9. The molecule has 0 amide bonds. The number of benzene rings is 7. The van der Waals surface area contributed by atoms with E-state index in [4.69, 9.17) is 26.7 Å². The number of rotatable bonds is 11. The number of nitrogens with two attached hydrogens (primary N) is 1. The summed E-state index contributed by atoms with van der Waals surface area (Å²) in [5.41, 5.74) is 24.6. The number of anilines is 7. The number of carbonyl (C=O) groups excluding carboxylic acids is 1. The zero-order chi connectivity index (χ0) is 70.5. The Kier molecular flexibility index (Phi) is 25.1. The summed E-state index contributed by atoms with van der Waals surface area (Å²) in [5.74, 6) is 0.491. The molecule has 1 atom stereocenters. The Morgan fingerprint density at radius 3 is 1.40 bits per heavy atom. The van der Waals surface area contributed by atoms with E-state index in [2.05, 4.69) is 189 Å². The number of halogens is 2. The van der Waals surface area contributed by atoms with E-state index in [0.717, 1.165) is 99.5 Å². The van der Waals surface area contributed by atoms with E-state index in [1.54, 1.807) is 25.5 Å². The molecule has 1 unspecified atom stereocenters. The van der Waals surface area contributed by atoms with Gasteiger partial charge in [0, 0.05) is 111 Å². The summed E-state index contributed by atoms with van der Waals surface area (Å²) in [4.78, 5) is 45.4. The van der Waals surface area contributed by atoms with Gasteiger partial charge in [-0.15, -0.1) is 58.9 Å². The number of alkyl halides is 1. The van der Waals surface area contributed by atoms with Crippen molar-refractivity contribution in [1.29, 1.82) is 9.35 Å². The minimum Gasteiger partial charge on any atom is -0.501 e. The molecule has 14 rings (SSSR count). The summed E-state index contributed by atoms with van der Waals surface area (Å²) in [6.45, 7) is 17.7. The molecule has 0 saturated carbocycles. The van der Waals surface area contributed by atoms with Gasteiger partial charge in [-0.3, -0.25) is 19.7 Å². The van der Waals surface area contributed by atoms with Crippen LogP contribution in [-0.2, 0) is 24.9 Å². The van der Waals surface area contributed by atoms with Crippen molar-refractivity contribution in [2.75, 3.05) is 38.4 Å². The number of Topliss-reactive ketones (excluding diaryl/α,β-unsaturated/α-hetero) is 1. The van der Waals surface area contributed by atoms with Crippen LogP contribution in [0.15, 0.2) is 219 Å². The van der Waals surface area contributed by atoms with Gasteiger partial charge in [-0.1, -0.05) is 92.4 Å². The first kappa shape index (κ1) is 63.7. The maximum atomic E-state index is 10.0. The smallest absolute Gasteiger partial charge is 0.333 e. The molecule has 2 N–H and O–H groups in total. The summed E-state index contributed by atoms with van der Waals surface area (Å²) in [6, 6.07) is 71.1. The summed E-state index contributed by atoms with van der Waals surface area (Å²) in [7, 11) is -3.08. The zero-order valence-electron chi connectivity index (χ0n) is 59.0. The van der Waals surface area contributed by atoms with Gasteiger partial charge >= 0.3 is 8.09 Å². The van der Waals surface area contributed by atoms with Crippen molar-refractivity contribution < 1.29 is 30.6 Å². The van der Waals surface area contributed by atoms with E-state index in [1.807, 2.05) is 129 Å². The van der Waals surface area contributed by atoms with Crippen molar-refractivity contribution in [3.05, 3.63) is 273 Å². The molecule has 2 aliphatic heterocycles. The van der Waals surface area contributed by atoms with Crippen molar-refractivity contribution in [3.8, 4) is 33.8 Å². The maximum Gasteiger partial charge on any atom is 0.333 e. The van der Waals surface area contributed by atoms with Crippen LogP contribution in [0.25, 0.3) is 45.1 Å². The number of hydrogen-bond donors (Lipinski definition) is 1. The Balaban J connectivity index is 0.000000276. The fraction of sp³-hybridized carbons (Fsp3) is 0.164. The van der Waals surface area contributed by atoms with Gasteiger partial charge in [-0.2, -0.15) is 74.0 Å². The molecule has 12 aromatic rings. The first-order valence-corrected chi connectivity index (χ1v) is 29.4. The number of aryl methyl sites for hydroxylation is 4.